The van der Waals surface area contributed by atoms with E-state index in [0.29, 0.717) is 0 Å². The third kappa shape index (κ3) is 5.48. The molecule has 0 N–H and O–H groups in total. The zero-order valence-electron chi connectivity index (χ0n) is 36.1. The van der Waals surface area contributed by atoms with Crippen LogP contribution in [0.1, 0.15) is 36.8 Å². The summed E-state index contributed by atoms with van der Waals surface area (Å²) < 4.78 is 5.12. The van der Waals surface area contributed by atoms with Crippen molar-refractivity contribution in [3.05, 3.63) is 217 Å². The van der Waals surface area contributed by atoms with Crippen LogP contribution >= 0.6 is 0 Å². The summed E-state index contributed by atoms with van der Waals surface area (Å²) in [6.45, 7) is 6.25. The van der Waals surface area contributed by atoms with Gasteiger partial charge in [0, 0.05) is 91.6 Å². The molecule has 0 radical (unpaired) electrons. The highest BCUT2D eigenvalue weighted by Crippen LogP contribution is 2.51. The van der Waals surface area contributed by atoms with Gasteiger partial charge >= 0.3 is 0 Å². The number of allylic oxidation sites excluding steroid dienone is 4. The third-order valence-electron chi connectivity index (χ3n) is 14.5. The van der Waals surface area contributed by atoms with Crippen LogP contribution in [-0.2, 0) is 13.1 Å². The van der Waals surface area contributed by atoms with E-state index in [2.05, 4.69) is 239 Å². The highest BCUT2D eigenvalue weighted by Gasteiger charge is 2.39. The zero-order valence-corrected chi connectivity index (χ0v) is 36.1. The monoisotopic (exact) mass is 824 g/mol. The lowest BCUT2D eigenvalue weighted by Crippen LogP contribution is -2.28. The largest absolute Gasteiger partial charge is 0.341 e. The smallest absolute Gasteiger partial charge is 0.0629 e. The van der Waals surface area contributed by atoms with Crippen LogP contribution in [0.25, 0.3) is 65.9 Å². The minimum Gasteiger partial charge on any atom is -0.341 e. The molecule has 4 unspecified atom stereocenters. The summed E-state index contributed by atoms with van der Waals surface area (Å²) in [5.41, 5.74) is 17.7. The molecule has 9 aromatic rings. The van der Waals surface area contributed by atoms with Crippen LogP contribution in [0.4, 0.5) is 22.7 Å². The van der Waals surface area contributed by atoms with Crippen LogP contribution in [0.3, 0.4) is 0 Å². The van der Waals surface area contributed by atoms with Crippen LogP contribution < -0.4 is 9.80 Å². The number of nitrogens with zero attached hydrogens (tertiary/aromatic N) is 4. The molecule has 8 aromatic carbocycles. The number of aromatic nitrogens is 2. The number of hydrogen-bond donors (Lipinski definition) is 0. The normalized spacial score (nSPS) is 19.2. The standard InChI is InChI=1S/C60H48N4/c1-3-61-53-27-15-17-39-34-48(42-30-32-58-52(36-42)46-24-12-14-26-56(46)64(58)44-21-9-6-10-22-44)60(38-49(39)53)62(4-2)54-28-16-18-40-33-47(59(61)37-50(40)54)41-29-31-57-51(35-41)45-23-11-13-25-55(45)63(57)43-19-7-5-8-20-43/h5-38,45-46,55-56H,3-4H2,1-2H3. The van der Waals surface area contributed by atoms with Gasteiger partial charge < -0.3 is 18.9 Å². The van der Waals surface area contributed by atoms with E-state index in [4.69, 9.17) is 0 Å². The first-order valence-corrected chi connectivity index (χ1v) is 23.0. The van der Waals surface area contributed by atoms with Gasteiger partial charge in [-0.15, -0.1) is 0 Å². The first kappa shape index (κ1) is 37.0. The number of anilines is 4. The Morgan fingerprint density at radius 2 is 0.828 bits per heavy atom. The Bertz CT molecular complexity index is 3270. The molecule has 4 atom stereocenters. The van der Waals surface area contributed by atoms with Crippen LogP contribution in [-0.4, -0.2) is 21.2 Å². The summed E-state index contributed by atoms with van der Waals surface area (Å²) in [4.78, 5) is 5.04. The maximum Gasteiger partial charge on any atom is 0.0629 e. The van der Waals surface area contributed by atoms with E-state index < -0.39 is 0 Å². The number of rotatable bonds is 6. The van der Waals surface area contributed by atoms with E-state index in [1.54, 1.807) is 0 Å². The molecule has 0 amide bonds. The molecule has 0 spiro atoms. The Morgan fingerprint density at radius 3 is 1.27 bits per heavy atom. The van der Waals surface area contributed by atoms with Crippen LogP contribution in [0, 0.1) is 0 Å². The first-order chi connectivity index (χ1) is 31.7. The Balaban J connectivity index is 1.05. The van der Waals surface area contributed by atoms with Crippen molar-refractivity contribution in [2.75, 3.05) is 9.80 Å². The quantitative estimate of drug-likeness (QED) is 0.166. The van der Waals surface area contributed by atoms with Gasteiger partial charge in [0.05, 0.1) is 12.1 Å². The minimum absolute atomic E-state index is 0.245. The minimum atomic E-state index is 0.245. The van der Waals surface area contributed by atoms with Gasteiger partial charge in [-0.05, 0) is 132 Å². The summed E-state index contributed by atoms with van der Waals surface area (Å²) in [7, 11) is 0. The molecule has 308 valence electrons. The van der Waals surface area contributed by atoms with Crippen molar-refractivity contribution in [2.24, 2.45) is 0 Å². The lowest BCUT2D eigenvalue weighted by atomic mass is 9.89. The molecule has 3 heterocycles. The van der Waals surface area contributed by atoms with E-state index in [9.17, 15) is 0 Å². The number of aryl methyl sites for hydroxylation is 2. The fourth-order valence-corrected chi connectivity index (χ4v) is 11.7. The van der Waals surface area contributed by atoms with Gasteiger partial charge in [0.25, 0.3) is 0 Å². The van der Waals surface area contributed by atoms with Crippen molar-refractivity contribution in [1.29, 1.82) is 0 Å². The van der Waals surface area contributed by atoms with Gasteiger partial charge in [-0.25, -0.2) is 0 Å². The molecule has 4 aliphatic rings. The second kappa shape index (κ2) is 14.5. The fraction of sp³-hybridized carbons (Fsp3) is 0.133. The van der Waals surface area contributed by atoms with E-state index in [1.807, 2.05) is 0 Å². The average Bonchev–Trinajstić information content (AvgIpc) is 3.87. The molecule has 0 saturated carbocycles. The SMILES string of the molecule is CCn1c2cc3c(cccc3n(CC)c3cc4c(cccc41)cc3-c1ccc3c(c1)C1C=CC=CC1N3c1ccccc1)cc2-c1ccc2c(c1)C1C=CC=CC1N2c1ccccc1. The van der Waals surface area contributed by atoms with Gasteiger partial charge in [-0.1, -0.05) is 121 Å². The molecular weight excluding hydrogens is 777 g/mol. The van der Waals surface area contributed by atoms with Gasteiger partial charge in [-0.3, -0.25) is 0 Å². The van der Waals surface area contributed by atoms with Crippen molar-refractivity contribution in [3.63, 3.8) is 0 Å². The van der Waals surface area contributed by atoms with Crippen molar-refractivity contribution in [2.45, 2.75) is 50.9 Å². The maximum atomic E-state index is 2.56. The van der Waals surface area contributed by atoms with Crippen molar-refractivity contribution < 1.29 is 0 Å². The number of fused-ring (bicyclic) bond motifs is 8. The van der Waals surface area contributed by atoms with Gasteiger partial charge in [-0.2, -0.15) is 0 Å². The van der Waals surface area contributed by atoms with E-state index in [-0.39, 0.29) is 23.9 Å². The van der Waals surface area contributed by atoms with Gasteiger partial charge in [0.1, 0.15) is 0 Å². The number of benzene rings is 8. The Morgan fingerprint density at radius 1 is 0.391 bits per heavy atom. The highest BCUT2D eigenvalue weighted by atomic mass is 15.2. The summed E-state index contributed by atoms with van der Waals surface area (Å²) in [6.07, 6.45) is 18.3. The first-order valence-electron chi connectivity index (χ1n) is 23.0. The summed E-state index contributed by atoms with van der Waals surface area (Å²) in [5, 5.41) is 5.01. The molecule has 0 fully saturated rings. The van der Waals surface area contributed by atoms with Crippen LogP contribution in [0.5, 0.6) is 0 Å². The molecule has 2 aliphatic heterocycles. The zero-order chi connectivity index (χ0) is 42.5. The molecule has 4 heteroatoms. The number of para-hydroxylation sites is 2. The fourth-order valence-electron chi connectivity index (χ4n) is 11.7. The Kier molecular flexibility index (Phi) is 8.39. The van der Waals surface area contributed by atoms with Crippen LogP contribution in [0.15, 0.2) is 206 Å². The van der Waals surface area contributed by atoms with Crippen molar-refractivity contribution >= 4 is 66.4 Å². The molecule has 64 heavy (non-hydrogen) atoms. The van der Waals surface area contributed by atoms with Crippen molar-refractivity contribution in [1.82, 2.24) is 9.13 Å². The average molecular weight is 825 g/mol. The summed E-state index contributed by atoms with van der Waals surface area (Å²) >= 11 is 0. The molecule has 0 saturated heterocycles. The summed E-state index contributed by atoms with van der Waals surface area (Å²) in [6, 6.07) is 60.3. The predicted octanol–water partition coefficient (Wildman–Crippen LogP) is 15.3. The van der Waals surface area contributed by atoms with E-state index in [1.165, 1.54) is 99.7 Å². The second-order valence-electron chi connectivity index (χ2n) is 17.8. The molecule has 13 rings (SSSR count). The molecule has 2 aliphatic carbocycles. The van der Waals surface area contributed by atoms with E-state index >= 15 is 0 Å². The third-order valence-corrected chi connectivity index (χ3v) is 14.5. The van der Waals surface area contributed by atoms with E-state index in [0.717, 1.165) is 13.1 Å². The Labute approximate surface area is 374 Å². The lowest BCUT2D eigenvalue weighted by Gasteiger charge is -2.28. The number of hydrogen-bond acceptors (Lipinski definition) is 2. The maximum absolute atomic E-state index is 2.56. The van der Waals surface area contributed by atoms with Crippen molar-refractivity contribution in [3.8, 4) is 22.3 Å². The van der Waals surface area contributed by atoms with Crippen LogP contribution in [0.2, 0.25) is 0 Å². The van der Waals surface area contributed by atoms with Gasteiger partial charge in [0.2, 0.25) is 0 Å². The second-order valence-corrected chi connectivity index (χ2v) is 17.8. The summed E-state index contributed by atoms with van der Waals surface area (Å²) in [5.74, 6) is 0.552. The predicted molar refractivity (Wildman–Crippen MR) is 270 cm³/mol. The highest BCUT2D eigenvalue weighted by molar-refractivity contribution is 6.09. The Hall–Kier alpha value is -7.56. The van der Waals surface area contributed by atoms with Gasteiger partial charge in [0.15, 0.2) is 0 Å². The molecule has 4 nitrogen and oxygen atoms in total. The topological polar surface area (TPSA) is 16.3 Å². The molecule has 1 aromatic heterocycles. The molecular formula is C60H48N4. The molecule has 4 bridgehead atoms. The lowest BCUT2D eigenvalue weighted by molar-refractivity contribution is 0.745.